The Morgan fingerprint density at radius 3 is 2.35 bits per heavy atom. The molecule has 0 saturated carbocycles. The molecule has 2 rings (SSSR count). The third-order valence-corrected chi connectivity index (χ3v) is 4.43. The molecule has 1 aliphatic rings. The van der Waals surface area contributed by atoms with E-state index in [-0.39, 0.29) is 11.7 Å². The number of aromatic hydroxyl groups is 1. The third-order valence-electron chi connectivity index (χ3n) is 4.43. The summed E-state index contributed by atoms with van der Waals surface area (Å²) in [5, 5.41) is 18.5. The van der Waals surface area contributed by atoms with E-state index < -0.39 is 5.54 Å². The van der Waals surface area contributed by atoms with Gasteiger partial charge in [0.15, 0.2) is 0 Å². The number of likely N-dealkylation sites (N-methyl/N-ethyl adjacent to an activating group) is 1. The second kappa shape index (κ2) is 6.88. The van der Waals surface area contributed by atoms with E-state index in [1.165, 1.54) is 4.90 Å². The molecule has 0 unspecified atom stereocenters. The van der Waals surface area contributed by atoms with Crippen molar-refractivity contribution >= 4 is 11.6 Å². The topological polar surface area (TPSA) is 70.8 Å². The number of piperazine rings is 1. The summed E-state index contributed by atoms with van der Waals surface area (Å²) in [6.07, 6.45) is 0. The van der Waals surface area contributed by atoms with Gasteiger partial charge in [-0.3, -0.25) is 9.69 Å². The lowest BCUT2D eigenvalue weighted by atomic mass is 10.1. The van der Waals surface area contributed by atoms with Crippen LogP contribution in [0.4, 0.5) is 5.69 Å². The molecule has 6 nitrogen and oxygen atoms in total. The van der Waals surface area contributed by atoms with Gasteiger partial charge in [0.25, 0.3) is 0 Å². The minimum atomic E-state index is -0.787. The Morgan fingerprint density at radius 2 is 1.83 bits per heavy atom. The number of phenols is 1. The summed E-state index contributed by atoms with van der Waals surface area (Å²) in [6.45, 7) is 7.10. The highest BCUT2D eigenvalue weighted by Crippen LogP contribution is 2.20. The number of carbonyl (C=O) groups is 1. The molecule has 0 radical (unpaired) electrons. The van der Waals surface area contributed by atoms with Gasteiger partial charge in [0.2, 0.25) is 5.91 Å². The zero-order chi connectivity index (χ0) is 17.0. The molecule has 0 spiro atoms. The molecule has 1 fully saturated rings. The van der Waals surface area contributed by atoms with Crippen LogP contribution in [0.3, 0.4) is 0 Å². The highest BCUT2D eigenvalue weighted by molar-refractivity contribution is 5.79. The fourth-order valence-electron chi connectivity index (χ4n) is 2.51. The highest BCUT2D eigenvalue weighted by Gasteiger charge is 2.29. The number of nitriles is 1. The Balaban J connectivity index is 1.86. The Bertz CT molecular complexity index is 584. The van der Waals surface area contributed by atoms with Crippen LogP contribution < -0.4 is 4.90 Å². The van der Waals surface area contributed by atoms with Crippen LogP contribution in [-0.4, -0.2) is 66.1 Å². The van der Waals surface area contributed by atoms with E-state index in [0.29, 0.717) is 6.54 Å². The molecule has 0 aliphatic carbocycles. The average molecular weight is 316 g/mol. The number of benzene rings is 1. The van der Waals surface area contributed by atoms with Gasteiger partial charge in [0.05, 0.1) is 12.6 Å². The van der Waals surface area contributed by atoms with E-state index in [9.17, 15) is 9.90 Å². The molecule has 0 aromatic heterocycles. The van der Waals surface area contributed by atoms with Crippen molar-refractivity contribution in [2.75, 3.05) is 44.7 Å². The molecular weight excluding hydrogens is 292 g/mol. The Labute approximate surface area is 137 Å². The molecule has 0 atom stereocenters. The lowest BCUT2D eigenvalue weighted by molar-refractivity contribution is -0.134. The number of phenolic OH excluding ortho intramolecular Hbond substituents is 1. The van der Waals surface area contributed by atoms with Crippen molar-refractivity contribution < 1.29 is 9.90 Å². The molecule has 1 aliphatic heterocycles. The Morgan fingerprint density at radius 1 is 1.26 bits per heavy atom. The number of anilines is 1. The van der Waals surface area contributed by atoms with Gasteiger partial charge in [-0.25, -0.2) is 0 Å². The first-order chi connectivity index (χ1) is 10.8. The van der Waals surface area contributed by atoms with E-state index in [4.69, 9.17) is 5.26 Å². The van der Waals surface area contributed by atoms with Crippen LogP contribution in [0, 0.1) is 11.3 Å². The summed E-state index contributed by atoms with van der Waals surface area (Å²) in [5.74, 6) is 0.232. The van der Waals surface area contributed by atoms with E-state index in [1.807, 2.05) is 12.1 Å². The van der Waals surface area contributed by atoms with Crippen LogP contribution in [0.1, 0.15) is 13.8 Å². The maximum atomic E-state index is 12.3. The smallest absolute Gasteiger partial charge is 0.237 e. The van der Waals surface area contributed by atoms with Crippen molar-refractivity contribution in [3.8, 4) is 11.8 Å². The van der Waals surface area contributed by atoms with Crippen molar-refractivity contribution in [3.05, 3.63) is 24.3 Å². The monoisotopic (exact) mass is 316 g/mol. The van der Waals surface area contributed by atoms with Crippen LogP contribution in [0.5, 0.6) is 5.75 Å². The summed E-state index contributed by atoms with van der Waals surface area (Å²) in [4.78, 5) is 18.2. The molecule has 1 amide bonds. The standard InChI is InChI=1S/C17H24N4O2/c1-17(2,13-18)19(3)16(23)12-20-8-10-21(11-9-20)14-4-6-15(22)7-5-14/h4-7,22H,8-12H2,1-3H3. The minimum absolute atomic E-state index is 0.0327. The normalized spacial score (nSPS) is 16.0. The maximum absolute atomic E-state index is 12.3. The number of nitrogens with zero attached hydrogens (tertiary/aromatic N) is 4. The van der Waals surface area contributed by atoms with Crippen molar-refractivity contribution in [3.63, 3.8) is 0 Å². The van der Waals surface area contributed by atoms with E-state index >= 15 is 0 Å². The van der Waals surface area contributed by atoms with Crippen molar-refractivity contribution in [2.45, 2.75) is 19.4 Å². The van der Waals surface area contributed by atoms with Gasteiger partial charge >= 0.3 is 0 Å². The molecule has 1 aromatic rings. The van der Waals surface area contributed by atoms with Gasteiger partial charge in [-0.2, -0.15) is 5.26 Å². The highest BCUT2D eigenvalue weighted by atomic mass is 16.3. The van der Waals surface area contributed by atoms with Crippen LogP contribution in [-0.2, 0) is 4.79 Å². The SMILES string of the molecule is CN(C(=O)CN1CCN(c2ccc(O)cc2)CC1)C(C)(C)C#N. The van der Waals surface area contributed by atoms with E-state index in [0.717, 1.165) is 31.9 Å². The second-order valence-corrected chi connectivity index (χ2v) is 6.40. The molecule has 1 N–H and O–H groups in total. The summed E-state index contributed by atoms with van der Waals surface area (Å²) in [5.41, 5.74) is 0.293. The van der Waals surface area contributed by atoms with Crippen LogP contribution >= 0.6 is 0 Å². The van der Waals surface area contributed by atoms with E-state index in [2.05, 4.69) is 15.9 Å². The van der Waals surface area contributed by atoms with Crippen LogP contribution in [0.25, 0.3) is 0 Å². The van der Waals surface area contributed by atoms with Crippen LogP contribution in [0.2, 0.25) is 0 Å². The largest absolute Gasteiger partial charge is 0.508 e. The quantitative estimate of drug-likeness (QED) is 0.906. The number of rotatable bonds is 4. The zero-order valence-corrected chi connectivity index (χ0v) is 14.0. The van der Waals surface area contributed by atoms with Gasteiger partial charge in [0.1, 0.15) is 11.3 Å². The molecule has 23 heavy (non-hydrogen) atoms. The summed E-state index contributed by atoms with van der Waals surface area (Å²) in [6, 6.07) is 9.32. The molecule has 1 heterocycles. The average Bonchev–Trinajstić information content (AvgIpc) is 2.55. The molecule has 1 aromatic carbocycles. The molecular formula is C17H24N4O2. The van der Waals surface area contributed by atoms with Crippen molar-refractivity contribution in [1.82, 2.24) is 9.80 Å². The van der Waals surface area contributed by atoms with E-state index in [1.54, 1.807) is 33.0 Å². The van der Waals surface area contributed by atoms with Crippen molar-refractivity contribution in [2.24, 2.45) is 0 Å². The fourth-order valence-corrected chi connectivity index (χ4v) is 2.51. The first kappa shape index (κ1) is 17.1. The number of hydrogen-bond donors (Lipinski definition) is 1. The number of amides is 1. The predicted molar refractivity (Wildman–Crippen MR) is 89.2 cm³/mol. The van der Waals surface area contributed by atoms with Crippen LogP contribution in [0.15, 0.2) is 24.3 Å². The summed E-state index contributed by atoms with van der Waals surface area (Å²) in [7, 11) is 1.68. The summed E-state index contributed by atoms with van der Waals surface area (Å²) >= 11 is 0. The lowest BCUT2D eigenvalue weighted by Crippen LogP contribution is -2.52. The molecule has 0 bridgehead atoms. The molecule has 124 valence electrons. The maximum Gasteiger partial charge on any atom is 0.237 e. The van der Waals surface area contributed by atoms with Gasteiger partial charge in [-0.05, 0) is 38.1 Å². The first-order valence-corrected chi connectivity index (χ1v) is 7.78. The molecule has 1 saturated heterocycles. The van der Waals surface area contributed by atoms with Crippen molar-refractivity contribution in [1.29, 1.82) is 5.26 Å². The third kappa shape index (κ3) is 4.14. The van der Waals surface area contributed by atoms with Gasteiger partial charge < -0.3 is 14.9 Å². The fraction of sp³-hybridized carbons (Fsp3) is 0.529. The number of carbonyl (C=O) groups excluding carboxylic acids is 1. The minimum Gasteiger partial charge on any atom is -0.508 e. The number of hydrogen-bond acceptors (Lipinski definition) is 5. The van der Waals surface area contributed by atoms with Gasteiger partial charge in [0, 0.05) is 38.9 Å². The van der Waals surface area contributed by atoms with Gasteiger partial charge in [-0.1, -0.05) is 0 Å². The second-order valence-electron chi connectivity index (χ2n) is 6.40. The Kier molecular flexibility index (Phi) is 5.12. The predicted octanol–water partition coefficient (Wildman–Crippen LogP) is 1.27. The van der Waals surface area contributed by atoms with Gasteiger partial charge in [-0.15, -0.1) is 0 Å². The molecule has 6 heteroatoms. The lowest BCUT2D eigenvalue weighted by Gasteiger charge is -2.37. The summed E-state index contributed by atoms with van der Waals surface area (Å²) < 4.78 is 0. The zero-order valence-electron chi connectivity index (χ0n) is 14.0. The first-order valence-electron chi connectivity index (χ1n) is 7.78. The Hall–Kier alpha value is -2.26.